The van der Waals surface area contributed by atoms with E-state index >= 15 is 0 Å². The summed E-state index contributed by atoms with van der Waals surface area (Å²) >= 11 is 1.22. The summed E-state index contributed by atoms with van der Waals surface area (Å²) in [5, 5.41) is 0.813. The summed E-state index contributed by atoms with van der Waals surface area (Å²) in [5.41, 5.74) is 2.79. The summed E-state index contributed by atoms with van der Waals surface area (Å²) < 4.78 is 18.1. The lowest BCUT2D eigenvalue weighted by atomic mass is 10.0. The van der Waals surface area contributed by atoms with Gasteiger partial charge in [0.2, 0.25) is 0 Å². The average molecular weight is 371 g/mol. The second-order valence-corrected chi connectivity index (χ2v) is 6.63. The summed E-state index contributed by atoms with van der Waals surface area (Å²) in [6, 6.07) is 13.5. The molecule has 3 aromatic rings. The number of rotatable bonds is 7. The van der Waals surface area contributed by atoms with Crippen LogP contribution in [0.25, 0.3) is 22.2 Å². The third kappa shape index (κ3) is 3.96. The lowest BCUT2D eigenvalue weighted by molar-refractivity contribution is -0.139. The number of carbonyl (C=O) groups excluding carboxylic acids is 2. The molecule has 6 heteroatoms. The molecule has 0 atom stereocenters. The number of aromatic amines is 1. The van der Waals surface area contributed by atoms with E-state index in [0.717, 1.165) is 16.5 Å². The van der Waals surface area contributed by atoms with Gasteiger partial charge in [-0.1, -0.05) is 18.2 Å². The van der Waals surface area contributed by atoms with Crippen LogP contribution in [0, 0.1) is 5.82 Å². The zero-order valence-corrected chi connectivity index (χ0v) is 15.1. The molecule has 0 saturated carbocycles. The molecule has 0 aliphatic rings. The smallest absolute Gasteiger partial charge is 0.315 e. The Labute approximate surface area is 154 Å². The van der Waals surface area contributed by atoms with Crippen molar-refractivity contribution >= 4 is 34.4 Å². The molecule has 4 nitrogen and oxygen atoms in total. The maximum absolute atomic E-state index is 13.2. The number of ether oxygens (including phenoxy) is 1. The molecule has 0 aliphatic carbocycles. The number of Topliss-reactive ketones (excluding diaryl/α,β-unsaturated/α-hetero) is 1. The predicted molar refractivity (Wildman–Crippen MR) is 102 cm³/mol. The second-order valence-electron chi connectivity index (χ2n) is 5.65. The molecule has 0 aliphatic heterocycles. The van der Waals surface area contributed by atoms with Gasteiger partial charge in [0.05, 0.1) is 29.4 Å². The Balaban J connectivity index is 1.90. The minimum absolute atomic E-state index is 0.0870. The van der Waals surface area contributed by atoms with Gasteiger partial charge in [-0.2, -0.15) is 0 Å². The summed E-state index contributed by atoms with van der Waals surface area (Å²) in [4.78, 5) is 27.6. The summed E-state index contributed by atoms with van der Waals surface area (Å²) in [6.45, 7) is 2.07. The maximum atomic E-state index is 13.2. The molecule has 1 N–H and O–H groups in total. The molecule has 2 aromatic carbocycles. The Bertz CT molecular complexity index is 934. The van der Waals surface area contributed by atoms with E-state index in [1.54, 1.807) is 19.1 Å². The zero-order valence-electron chi connectivity index (χ0n) is 14.3. The lowest BCUT2D eigenvalue weighted by Gasteiger charge is -2.05. The first-order chi connectivity index (χ1) is 12.6. The van der Waals surface area contributed by atoms with Crippen LogP contribution in [0.2, 0.25) is 0 Å². The van der Waals surface area contributed by atoms with Crippen molar-refractivity contribution < 1.29 is 18.7 Å². The number of aromatic nitrogens is 1. The first-order valence-corrected chi connectivity index (χ1v) is 9.39. The minimum atomic E-state index is -0.331. The van der Waals surface area contributed by atoms with Gasteiger partial charge in [-0.15, -0.1) is 11.8 Å². The van der Waals surface area contributed by atoms with E-state index in [0.29, 0.717) is 17.9 Å². The molecule has 0 fully saturated rings. The Hall–Kier alpha value is -2.60. The van der Waals surface area contributed by atoms with E-state index in [-0.39, 0.29) is 29.1 Å². The molecule has 1 heterocycles. The fraction of sp³-hybridized carbons (Fsp3) is 0.200. The van der Waals surface area contributed by atoms with Crippen molar-refractivity contribution in [1.82, 2.24) is 4.98 Å². The van der Waals surface area contributed by atoms with Gasteiger partial charge in [0, 0.05) is 10.9 Å². The number of hydrogen-bond donors (Lipinski definition) is 1. The normalized spacial score (nSPS) is 10.8. The summed E-state index contributed by atoms with van der Waals surface area (Å²) in [6.07, 6.45) is 0. The molecule has 26 heavy (non-hydrogen) atoms. The number of hydrogen-bond acceptors (Lipinski definition) is 4. The fourth-order valence-corrected chi connectivity index (χ4v) is 3.45. The van der Waals surface area contributed by atoms with Gasteiger partial charge < -0.3 is 9.72 Å². The Morgan fingerprint density at radius 3 is 2.54 bits per heavy atom. The average Bonchev–Trinajstić information content (AvgIpc) is 3.02. The van der Waals surface area contributed by atoms with Crippen molar-refractivity contribution in [2.75, 3.05) is 18.1 Å². The third-order valence-electron chi connectivity index (χ3n) is 3.88. The second kappa shape index (κ2) is 8.19. The third-order valence-corrected chi connectivity index (χ3v) is 4.78. The summed E-state index contributed by atoms with van der Waals surface area (Å²) in [7, 11) is 0. The number of H-pyrrole nitrogens is 1. The number of ketones is 1. The van der Waals surface area contributed by atoms with E-state index in [2.05, 4.69) is 4.98 Å². The summed E-state index contributed by atoms with van der Waals surface area (Å²) in [5.74, 6) is -0.454. The number of halogens is 1. The van der Waals surface area contributed by atoms with Crippen molar-refractivity contribution in [1.29, 1.82) is 0 Å². The number of carbonyl (C=O) groups is 2. The maximum Gasteiger partial charge on any atom is 0.315 e. The highest BCUT2D eigenvalue weighted by Crippen LogP contribution is 2.31. The number of para-hydroxylation sites is 1. The standard InChI is InChI=1S/C20H18FNO3S/c1-2-25-18(24)12-26-11-17(23)19-15-5-3-4-6-16(15)22-20(19)13-7-9-14(21)10-8-13/h3-10,22H,2,11-12H2,1H3. The van der Waals surface area contributed by atoms with E-state index in [9.17, 15) is 14.0 Å². The molecule has 3 rings (SSSR count). The van der Waals surface area contributed by atoms with Gasteiger partial charge in [0.1, 0.15) is 5.82 Å². The quantitative estimate of drug-likeness (QED) is 0.492. The van der Waals surface area contributed by atoms with Gasteiger partial charge in [-0.3, -0.25) is 9.59 Å². The SMILES string of the molecule is CCOC(=O)CSCC(=O)c1c(-c2ccc(F)cc2)[nH]c2ccccc12. The Kier molecular flexibility index (Phi) is 5.73. The van der Waals surface area contributed by atoms with Crippen LogP contribution in [0.15, 0.2) is 48.5 Å². The lowest BCUT2D eigenvalue weighted by Crippen LogP contribution is -2.10. The van der Waals surface area contributed by atoms with Gasteiger partial charge >= 0.3 is 5.97 Å². The molecule has 0 bridgehead atoms. The molecule has 1 aromatic heterocycles. The van der Waals surface area contributed by atoms with E-state index in [1.165, 1.54) is 23.9 Å². The number of thioether (sulfide) groups is 1. The highest BCUT2D eigenvalue weighted by Gasteiger charge is 2.20. The molecule has 134 valence electrons. The van der Waals surface area contributed by atoms with E-state index in [1.807, 2.05) is 24.3 Å². The van der Waals surface area contributed by atoms with Crippen molar-refractivity contribution in [3.63, 3.8) is 0 Å². The molecule has 0 unspecified atom stereocenters. The van der Waals surface area contributed by atoms with Crippen LogP contribution in [-0.4, -0.2) is 34.8 Å². The van der Waals surface area contributed by atoms with Gasteiger partial charge in [0.25, 0.3) is 0 Å². The number of esters is 1. The van der Waals surface area contributed by atoms with Gasteiger partial charge in [0.15, 0.2) is 5.78 Å². The fourth-order valence-electron chi connectivity index (χ4n) is 2.77. The van der Waals surface area contributed by atoms with Crippen molar-refractivity contribution in [2.45, 2.75) is 6.92 Å². The molecule has 0 spiro atoms. The van der Waals surface area contributed by atoms with Crippen LogP contribution in [0.5, 0.6) is 0 Å². The highest BCUT2D eigenvalue weighted by atomic mass is 32.2. The molecular weight excluding hydrogens is 353 g/mol. The predicted octanol–water partition coefficient (Wildman–Crippen LogP) is 4.45. The molecule has 0 saturated heterocycles. The van der Waals surface area contributed by atoms with Crippen LogP contribution < -0.4 is 0 Å². The van der Waals surface area contributed by atoms with Crippen LogP contribution in [0.3, 0.4) is 0 Å². The topological polar surface area (TPSA) is 59.2 Å². The van der Waals surface area contributed by atoms with Crippen LogP contribution in [0.4, 0.5) is 4.39 Å². The molecule has 0 radical (unpaired) electrons. The van der Waals surface area contributed by atoms with Gasteiger partial charge in [-0.25, -0.2) is 4.39 Å². The van der Waals surface area contributed by atoms with Crippen LogP contribution >= 0.6 is 11.8 Å². The van der Waals surface area contributed by atoms with Crippen LogP contribution in [0.1, 0.15) is 17.3 Å². The number of benzene rings is 2. The number of nitrogens with one attached hydrogen (secondary N) is 1. The van der Waals surface area contributed by atoms with Crippen molar-refractivity contribution in [3.05, 3.63) is 59.9 Å². The first-order valence-electron chi connectivity index (χ1n) is 8.23. The van der Waals surface area contributed by atoms with Gasteiger partial charge in [-0.05, 0) is 42.8 Å². The van der Waals surface area contributed by atoms with E-state index in [4.69, 9.17) is 4.74 Å². The highest BCUT2D eigenvalue weighted by molar-refractivity contribution is 8.00. The Morgan fingerprint density at radius 1 is 1.08 bits per heavy atom. The minimum Gasteiger partial charge on any atom is -0.465 e. The Morgan fingerprint density at radius 2 is 1.81 bits per heavy atom. The zero-order chi connectivity index (χ0) is 18.5. The monoisotopic (exact) mass is 371 g/mol. The van der Waals surface area contributed by atoms with Crippen LogP contribution in [-0.2, 0) is 9.53 Å². The van der Waals surface area contributed by atoms with Crippen molar-refractivity contribution in [3.8, 4) is 11.3 Å². The molecule has 0 amide bonds. The van der Waals surface area contributed by atoms with E-state index < -0.39 is 0 Å². The van der Waals surface area contributed by atoms with Crippen molar-refractivity contribution in [2.24, 2.45) is 0 Å². The first kappa shape index (κ1) is 18.2. The molecular formula is C20H18FNO3S. The largest absolute Gasteiger partial charge is 0.465 e. The number of fused-ring (bicyclic) bond motifs is 1.